The summed E-state index contributed by atoms with van der Waals surface area (Å²) >= 11 is 0. The molecule has 116 valence electrons. The smallest absolute Gasteiger partial charge is 0.258 e. The van der Waals surface area contributed by atoms with Crippen molar-refractivity contribution in [3.63, 3.8) is 0 Å². The number of anilines is 3. The molecule has 0 unspecified atom stereocenters. The Morgan fingerprint density at radius 1 is 1.22 bits per heavy atom. The number of hydrogen-bond acceptors (Lipinski definition) is 6. The fourth-order valence-electron chi connectivity index (χ4n) is 1.82. The lowest BCUT2D eigenvalue weighted by atomic mass is 10.2. The molecule has 23 heavy (non-hydrogen) atoms. The molecular formula is C15H12FN5O2. The molecule has 1 aromatic carbocycles. The fraction of sp³-hybridized carbons (Fsp3) is 0.0667. The van der Waals surface area contributed by atoms with E-state index in [1.807, 2.05) is 0 Å². The van der Waals surface area contributed by atoms with Gasteiger partial charge in [-0.2, -0.15) is 0 Å². The summed E-state index contributed by atoms with van der Waals surface area (Å²) in [6.45, 7) is 1.76. The number of benzene rings is 1. The maximum absolute atomic E-state index is 13.1. The second-order valence-electron chi connectivity index (χ2n) is 4.71. The monoisotopic (exact) mass is 313 g/mol. The van der Waals surface area contributed by atoms with Gasteiger partial charge in [0.2, 0.25) is 5.95 Å². The van der Waals surface area contributed by atoms with Crippen LogP contribution in [0, 0.1) is 12.7 Å². The van der Waals surface area contributed by atoms with E-state index in [9.17, 15) is 9.18 Å². The molecule has 0 saturated heterocycles. The third-order valence-electron chi connectivity index (χ3n) is 2.86. The van der Waals surface area contributed by atoms with E-state index in [-0.39, 0.29) is 11.5 Å². The Morgan fingerprint density at radius 3 is 2.65 bits per heavy atom. The van der Waals surface area contributed by atoms with Crippen LogP contribution in [0.4, 0.5) is 21.8 Å². The molecule has 8 heteroatoms. The molecular weight excluding hydrogens is 301 g/mol. The summed E-state index contributed by atoms with van der Waals surface area (Å²) in [7, 11) is 0. The lowest BCUT2D eigenvalue weighted by Crippen LogP contribution is -2.13. The Morgan fingerprint density at radius 2 is 2.00 bits per heavy atom. The van der Waals surface area contributed by atoms with E-state index in [2.05, 4.69) is 25.8 Å². The molecule has 1 amide bonds. The average molecular weight is 313 g/mol. The number of rotatable bonds is 4. The van der Waals surface area contributed by atoms with Gasteiger partial charge in [0.05, 0.1) is 5.56 Å². The first-order chi connectivity index (χ1) is 11.1. The van der Waals surface area contributed by atoms with Crippen molar-refractivity contribution in [2.24, 2.45) is 0 Å². The van der Waals surface area contributed by atoms with Crippen molar-refractivity contribution >= 4 is 23.4 Å². The molecule has 0 radical (unpaired) electrons. The molecule has 3 aromatic rings. The van der Waals surface area contributed by atoms with E-state index in [1.54, 1.807) is 19.1 Å². The van der Waals surface area contributed by atoms with E-state index >= 15 is 0 Å². The van der Waals surface area contributed by atoms with Gasteiger partial charge in [-0.25, -0.2) is 14.4 Å². The lowest BCUT2D eigenvalue weighted by molar-refractivity contribution is 0.102. The zero-order valence-electron chi connectivity index (χ0n) is 12.1. The SMILES string of the molecule is Cc1cc(Nc2ncc(C(=O)Nc3cccc(F)c3)cn2)no1. The maximum atomic E-state index is 13.1. The summed E-state index contributed by atoms with van der Waals surface area (Å²) in [4.78, 5) is 20.1. The third kappa shape index (κ3) is 3.67. The maximum Gasteiger partial charge on any atom is 0.258 e. The average Bonchev–Trinajstić information content (AvgIpc) is 2.93. The Bertz CT molecular complexity index is 832. The molecule has 0 aliphatic heterocycles. The number of amides is 1. The molecule has 7 nitrogen and oxygen atoms in total. The topological polar surface area (TPSA) is 92.9 Å². The third-order valence-corrected chi connectivity index (χ3v) is 2.86. The predicted octanol–water partition coefficient (Wildman–Crippen LogP) is 2.91. The van der Waals surface area contributed by atoms with Crippen LogP contribution in [-0.2, 0) is 0 Å². The van der Waals surface area contributed by atoms with Crippen molar-refractivity contribution in [2.75, 3.05) is 10.6 Å². The molecule has 0 aliphatic rings. The molecule has 0 fully saturated rings. The van der Waals surface area contributed by atoms with Crippen LogP contribution < -0.4 is 10.6 Å². The van der Waals surface area contributed by atoms with E-state index in [0.717, 1.165) is 0 Å². The first kappa shape index (κ1) is 14.6. The summed E-state index contributed by atoms with van der Waals surface area (Å²) in [6.07, 6.45) is 2.72. The van der Waals surface area contributed by atoms with Crippen LogP contribution in [0.3, 0.4) is 0 Å². The summed E-state index contributed by atoms with van der Waals surface area (Å²) < 4.78 is 18.0. The minimum absolute atomic E-state index is 0.246. The number of nitrogens with zero attached hydrogens (tertiary/aromatic N) is 3. The molecule has 0 saturated carbocycles. The quantitative estimate of drug-likeness (QED) is 0.769. The van der Waals surface area contributed by atoms with Gasteiger partial charge in [-0.1, -0.05) is 11.2 Å². The van der Waals surface area contributed by atoms with Gasteiger partial charge >= 0.3 is 0 Å². The second-order valence-corrected chi connectivity index (χ2v) is 4.71. The molecule has 0 aliphatic carbocycles. The summed E-state index contributed by atoms with van der Waals surface area (Å²) in [5.41, 5.74) is 0.603. The van der Waals surface area contributed by atoms with E-state index < -0.39 is 11.7 Å². The zero-order valence-corrected chi connectivity index (χ0v) is 12.1. The first-order valence-electron chi connectivity index (χ1n) is 6.69. The molecule has 0 bridgehead atoms. The normalized spacial score (nSPS) is 10.3. The number of hydrogen-bond donors (Lipinski definition) is 2. The molecule has 0 atom stereocenters. The second kappa shape index (κ2) is 6.22. The van der Waals surface area contributed by atoms with Gasteiger partial charge in [0.15, 0.2) is 5.82 Å². The van der Waals surface area contributed by atoms with Crippen LogP contribution >= 0.6 is 0 Å². The van der Waals surface area contributed by atoms with Gasteiger partial charge < -0.3 is 15.2 Å². The van der Waals surface area contributed by atoms with Crippen LogP contribution in [0.5, 0.6) is 0 Å². The number of carbonyl (C=O) groups excluding carboxylic acids is 1. The van der Waals surface area contributed by atoms with E-state index in [1.165, 1.54) is 30.6 Å². The van der Waals surface area contributed by atoms with Crippen molar-refractivity contribution in [3.05, 3.63) is 59.9 Å². The summed E-state index contributed by atoms with van der Waals surface area (Å²) in [6, 6.07) is 7.30. The number of aryl methyl sites for hydroxylation is 1. The number of carbonyl (C=O) groups is 1. The van der Waals surface area contributed by atoms with E-state index in [0.29, 0.717) is 17.3 Å². The van der Waals surface area contributed by atoms with Crippen LogP contribution in [-0.4, -0.2) is 21.0 Å². The fourth-order valence-corrected chi connectivity index (χ4v) is 1.82. The van der Waals surface area contributed by atoms with Crippen molar-refractivity contribution < 1.29 is 13.7 Å². The zero-order chi connectivity index (χ0) is 16.2. The highest BCUT2D eigenvalue weighted by molar-refractivity contribution is 6.03. The lowest BCUT2D eigenvalue weighted by Gasteiger charge is -2.05. The molecule has 3 rings (SSSR count). The highest BCUT2D eigenvalue weighted by Gasteiger charge is 2.09. The largest absolute Gasteiger partial charge is 0.360 e. The standard InChI is InChI=1S/C15H12FN5O2/c1-9-5-13(21-23-9)20-15-17-7-10(8-18-15)14(22)19-12-4-2-3-11(16)6-12/h2-8H,1H3,(H,19,22)(H,17,18,20,21). The number of aromatic nitrogens is 3. The summed E-state index contributed by atoms with van der Waals surface area (Å²) in [5.74, 6) is 0.541. The minimum Gasteiger partial charge on any atom is -0.360 e. The molecule has 2 aromatic heterocycles. The van der Waals surface area contributed by atoms with Crippen LogP contribution in [0.2, 0.25) is 0 Å². The Hall–Kier alpha value is -3.29. The van der Waals surface area contributed by atoms with Gasteiger partial charge in [-0.3, -0.25) is 4.79 Å². The molecule has 0 spiro atoms. The van der Waals surface area contributed by atoms with Gasteiger partial charge in [-0.05, 0) is 25.1 Å². The summed E-state index contributed by atoms with van der Waals surface area (Å²) in [5, 5.41) is 9.16. The molecule has 2 N–H and O–H groups in total. The Labute approximate surface area is 130 Å². The highest BCUT2D eigenvalue weighted by atomic mass is 19.1. The van der Waals surface area contributed by atoms with Crippen molar-refractivity contribution in [1.29, 1.82) is 0 Å². The van der Waals surface area contributed by atoms with Crippen LogP contribution in [0.1, 0.15) is 16.1 Å². The van der Waals surface area contributed by atoms with Crippen molar-refractivity contribution in [3.8, 4) is 0 Å². The number of halogens is 1. The van der Waals surface area contributed by atoms with Gasteiger partial charge in [-0.15, -0.1) is 0 Å². The van der Waals surface area contributed by atoms with E-state index in [4.69, 9.17) is 4.52 Å². The Kier molecular flexibility index (Phi) is 3.96. The molecule has 2 heterocycles. The Balaban J connectivity index is 1.67. The number of nitrogens with one attached hydrogen (secondary N) is 2. The van der Waals surface area contributed by atoms with Gasteiger partial charge in [0.1, 0.15) is 11.6 Å². The minimum atomic E-state index is -0.431. The van der Waals surface area contributed by atoms with Crippen molar-refractivity contribution in [2.45, 2.75) is 6.92 Å². The predicted molar refractivity (Wildman–Crippen MR) is 80.9 cm³/mol. The van der Waals surface area contributed by atoms with Crippen LogP contribution in [0.15, 0.2) is 47.2 Å². The van der Waals surface area contributed by atoms with Gasteiger partial charge in [0.25, 0.3) is 5.91 Å². The first-order valence-corrected chi connectivity index (χ1v) is 6.69. The highest BCUT2D eigenvalue weighted by Crippen LogP contribution is 2.13. The van der Waals surface area contributed by atoms with Crippen LogP contribution in [0.25, 0.3) is 0 Å². The van der Waals surface area contributed by atoms with Gasteiger partial charge in [0, 0.05) is 24.1 Å². The van der Waals surface area contributed by atoms with Crippen molar-refractivity contribution in [1.82, 2.24) is 15.1 Å².